The van der Waals surface area contributed by atoms with Gasteiger partial charge in [0.15, 0.2) is 0 Å². The molecule has 10 heteroatoms. The van der Waals surface area contributed by atoms with E-state index in [-0.39, 0.29) is 6.03 Å². The highest BCUT2D eigenvalue weighted by molar-refractivity contribution is 7.87. The van der Waals surface area contributed by atoms with Gasteiger partial charge in [0.1, 0.15) is 0 Å². The Kier molecular flexibility index (Phi) is 7.60. The van der Waals surface area contributed by atoms with Gasteiger partial charge in [-0.05, 0) is 42.2 Å². The van der Waals surface area contributed by atoms with E-state index in [9.17, 15) is 13.2 Å². The van der Waals surface area contributed by atoms with E-state index in [0.29, 0.717) is 25.3 Å². The number of carbonyl (C=O) groups is 1. The Bertz CT molecular complexity index is 1010. The van der Waals surface area contributed by atoms with Crippen LogP contribution < -0.4 is 15.4 Å². The predicted molar refractivity (Wildman–Crippen MR) is 121 cm³/mol. The van der Waals surface area contributed by atoms with Crippen LogP contribution >= 0.6 is 0 Å². The monoisotopic (exact) mass is 446 g/mol. The minimum atomic E-state index is -3.40. The van der Waals surface area contributed by atoms with Crippen molar-refractivity contribution < 1.29 is 13.2 Å². The average molecular weight is 447 g/mol. The van der Waals surface area contributed by atoms with Gasteiger partial charge in [-0.3, -0.25) is 9.88 Å². The van der Waals surface area contributed by atoms with Crippen LogP contribution in [0, 0.1) is 6.92 Å². The largest absolute Gasteiger partial charge is 0.334 e. The molecular weight excluding hydrogens is 416 g/mol. The number of fused-ring (bicyclic) bond motifs is 1. The van der Waals surface area contributed by atoms with E-state index in [1.165, 1.54) is 29.5 Å². The molecule has 0 fully saturated rings. The number of anilines is 1. The van der Waals surface area contributed by atoms with Crippen molar-refractivity contribution in [3.05, 3.63) is 58.9 Å². The lowest BCUT2D eigenvalue weighted by atomic mass is 9.94. The number of amides is 2. The molecule has 0 unspecified atom stereocenters. The summed E-state index contributed by atoms with van der Waals surface area (Å²) in [6.45, 7) is 4.94. The van der Waals surface area contributed by atoms with Gasteiger partial charge in [-0.15, -0.1) is 0 Å². The number of nitrogens with one attached hydrogen (secondary N) is 3. The number of aryl methyl sites for hydroxylation is 1. The molecule has 2 heterocycles. The Morgan fingerprint density at radius 3 is 2.74 bits per heavy atom. The molecule has 1 aliphatic rings. The first-order valence-electron chi connectivity index (χ1n) is 10.2. The maximum Gasteiger partial charge on any atom is 0.319 e. The number of urea groups is 1. The van der Waals surface area contributed by atoms with E-state index in [4.69, 9.17) is 0 Å². The Balaban J connectivity index is 1.52. The number of carbonyl (C=O) groups excluding carboxylic acids is 1. The summed E-state index contributed by atoms with van der Waals surface area (Å²) in [6, 6.07) is 9.52. The zero-order valence-corrected chi connectivity index (χ0v) is 19.0. The molecule has 1 aliphatic heterocycles. The minimum absolute atomic E-state index is 0.270. The summed E-state index contributed by atoms with van der Waals surface area (Å²) >= 11 is 0. The predicted octanol–water partition coefficient (Wildman–Crippen LogP) is 1.47. The van der Waals surface area contributed by atoms with Gasteiger partial charge in [0.05, 0.1) is 11.9 Å². The molecule has 168 valence electrons. The van der Waals surface area contributed by atoms with Gasteiger partial charge in [0.2, 0.25) is 0 Å². The highest BCUT2D eigenvalue weighted by Gasteiger charge is 2.20. The van der Waals surface area contributed by atoms with E-state index in [1.807, 2.05) is 31.2 Å². The summed E-state index contributed by atoms with van der Waals surface area (Å²) in [6.07, 6.45) is 2.49. The van der Waals surface area contributed by atoms with Crippen molar-refractivity contribution in [3.8, 4) is 0 Å². The Labute approximate surface area is 184 Å². The Morgan fingerprint density at radius 2 is 2.03 bits per heavy atom. The number of rotatable bonds is 8. The molecule has 3 N–H and O–H groups in total. The van der Waals surface area contributed by atoms with Crippen LogP contribution in [0.5, 0.6) is 0 Å². The van der Waals surface area contributed by atoms with Crippen LogP contribution in [-0.4, -0.2) is 62.4 Å². The van der Waals surface area contributed by atoms with E-state index in [2.05, 4.69) is 31.3 Å². The molecule has 1 aromatic heterocycles. The summed E-state index contributed by atoms with van der Waals surface area (Å²) < 4.78 is 27.4. The first-order chi connectivity index (χ1) is 14.7. The highest BCUT2D eigenvalue weighted by atomic mass is 32.2. The number of benzene rings is 1. The number of nitrogens with zero attached hydrogens (tertiary/aromatic N) is 3. The van der Waals surface area contributed by atoms with Crippen molar-refractivity contribution in [2.75, 3.05) is 39.0 Å². The molecule has 0 spiro atoms. The highest BCUT2D eigenvalue weighted by Crippen LogP contribution is 2.22. The fourth-order valence-electron chi connectivity index (χ4n) is 3.46. The van der Waals surface area contributed by atoms with Crippen molar-refractivity contribution >= 4 is 21.9 Å². The molecule has 1 aromatic carbocycles. The summed E-state index contributed by atoms with van der Waals surface area (Å²) in [5, 5.41) is 5.70. The Hall–Kier alpha value is -2.53. The molecule has 0 aliphatic carbocycles. The van der Waals surface area contributed by atoms with Gasteiger partial charge in [-0.25, -0.2) is 9.52 Å². The quantitative estimate of drug-likeness (QED) is 0.569. The molecule has 0 atom stereocenters. The van der Waals surface area contributed by atoms with Gasteiger partial charge in [0, 0.05) is 52.5 Å². The van der Waals surface area contributed by atoms with Gasteiger partial charge in [0.25, 0.3) is 10.2 Å². The van der Waals surface area contributed by atoms with E-state index in [0.717, 1.165) is 30.8 Å². The van der Waals surface area contributed by atoms with Gasteiger partial charge in [-0.2, -0.15) is 12.7 Å². The first kappa shape index (κ1) is 23.1. The zero-order valence-electron chi connectivity index (χ0n) is 18.2. The van der Waals surface area contributed by atoms with Crippen LogP contribution in [0.2, 0.25) is 0 Å². The maximum absolute atomic E-state index is 12.2. The molecule has 0 radical (unpaired) electrons. The molecule has 2 amide bonds. The lowest BCUT2D eigenvalue weighted by Gasteiger charge is -2.30. The molecule has 9 nitrogen and oxygen atoms in total. The average Bonchev–Trinajstić information content (AvgIpc) is 2.73. The molecular formula is C21H30N6O3S. The summed E-state index contributed by atoms with van der Waals surface area (Å²) in [4.78, 5) is 18.6. The molecule has 2 aromatic rings. The second-order valence-corrected chi connectivity index (χ2v) is 9.73. The second kappa shape index (κ2) is 10.2. The Morgan fingerprint density at radius 1 is 1.23 bits per heavy atom. The SMILES string of the molecule is Cc1ccc(NC(=O)NCc2cccc3c2CCN(CCNS(=O)(=O)N(C)C)C3)cn1. The summed E-state index contributed by atoms with van der Waals surface area (Å²) in [5.41, 5.74) is 5.11. The van der Waals surface area contributed by atoms with Crippen molar-refractivity contribution in [2.45, 2.75) is 26.4 Å². The van der Waals surface area contributed by atoms with Crippen LogP contribution in [0.25, 0.3) is 0 Å². The van der Waals surface area contributed by atoms with E-state index in [1.54, 1.807) is 6.20 Å². The lowest BCUT2D eigenvalue weighted by Crippen LogP contribution is -2.41. The van der Waals surface area contributed by atoms with Crippen LogP contribution in [0.3, 0.4) is 0 Å². The second-order valence-electron chi connectivity index (χ2n) is 7.76. The molecule has 0 saturated carbocycles. The molecule has 0 bridgehead atoms. The fourth-order valence-corrected chi connectivity index (χ4v) is 4.07. The van der Waals surface area contributed by atoms with Gasteiger partial charge >= 0.3 is 6.03 Å². The molecule has 3 rings (SSSR count). The van der Waals surface area contributed by atoms with Crippen LogP contribution in [-0.2, 0) is 29.7 Å². The van der Waals surface area contributed by atoms with E-state index >= 15 is 0 Å². The van der Waals surface area contributed by atoms with Crippen molar-refractivity contribution in [1.82, 2.24) is 24.2 Å². The molecule has 31 heavy (non-hydrogen) atoms. The van der Waals surface area contributed by atoms with E-state index < -0.39 is 10.2 Å². The fraction of sp³-hybridized carbons (Fsp3) is 0.429. The first-order valence-corrected chi connectivity index (χ1v) is 11.7. The standard InChI is InChI=1S/C21H30N6O3S/c1-16-7-8-19(14-22-16)25-21(28)23-13-17-5-4-6-18-15-27(11-9-20(17)18)12-10-24-31(29,30)26(2)3/h4-8,14,24H,9-13,15H2,1-3H3,(H2,23,25,28). The minimum Gasteiger partial charge on any atom is -0.334 e. The third kappa shape index (κ3) is 6.47. The van der Waals surface area contributed by atoms with Crippen molar-refractivity contribution in [1.29, 1.82) is 0 Å². The number of hydrogen-bond acceptors (Lipinski definition) is 5. The number of aromatic nitrogens is 1. The summed E-state index contributed by atoms with van der Waals surface area (Å²) in [5.74, 6) is 0. The number of pyridine rings is 1. The van der Waals surface area contributed by atoms with Crippen molar-refractivity contribution in [3.63, 3.8) is 0 Å². The smallest absolute Gasteiger partial charge is 0.319 e. The zero-order chi connectivity index (χ0) is 22.4. The topological polar surface area (TPSA) is 107 Å². The lowest BCUT2D eigenvalue weighted by molar-refractivity contribution is 0.251. The normalized spacial score (nSPS) is 14.3. The third-order valence-electron chi connectivity index (χ3n) is 5.24. The van der Waals surface area contributed by atoms with Gasteiger partial charge in [-0.1, -0.05) is 18.2 Å². The maximum atomic E-state index is 12.2. The van der Waals surface area contributed by atoms with Crippen LogP contribution in [0.4, 0.5) is 10.5 Å². The summed E-state index contributed by atoms with van der Waals surface area (Å²) in [7, 11) is -0.386. The van der Waals surface area contributed by atoms with Crippen molar-refractivity contribution in [2.24, 2.45) is 0 Å². The van der Waals surface area contributed by atoms with Crippen LogP contribution in [0.1, 0.15) is 22.4 Å². The van der Waals surface area contributed by atoms with Gasteiger partial charge < -0.3 is 10.6 Å². The van der Waals surface area contributed by atoms with Crippen LogP contribution in [0.15, 0.2) is 36.5 Å². The molecule has 0 saturated heterocycles. The third-order valence-corrected chi connectivity index (χ3v) is 6.77. The number of hydrogen-bond donors (Lipinski definition) is 3.